The fraction of sp³-hybridized carbons (Fsp3) is 0.100. The molecule has 2 heterocycles. The minimum atomic E-state index is -4.56. The van der Waals surface area contributed by atoms with Crippen LogP contribution in [0.2, 0.25) is 5.02 Å². The summed E-state index contributed by atoms with van der Waals surface area (Å²) in [6.07, 6.45) is -1.74. The molecule has 6 nitrogen and oxygen atoms in total. The van der Waals surface area contributed by atoms with Crippen LogP contribution in [0.5, 0.6) is 0 Å². The summed E-state index contributed by atoms with van der Waals surface area (Å²) in [5.41, 5.74) is -0.0111. The molecular formula is C20H12ClF4N5OS. The Kier molecular flexibility index (Phi) is 6.02. The second kappa shape index (κ2) is 8.75. The molecule has 12 heteroatoms. The van der Waals surface area contributed by atoms with Crippen molar-refractivity contribution in [3.63, 3.8) is 0 Å². The number of anilines is 1. The molecule has 0 saturated heterocycles. The lowest BCUT2D eigenvalue weighted by Crippen LogP contribution is -2.15. The van der Waals surface area contributed by atoms with Gasteiger partial charge in [-0.3, -0.25) is 4.79 Å². The third-order valence-corrected chi connectivity index (χ3v) is 5.64. The van der Waals surface area contributed by atoms with E-state index < -0.39 is 17.6 Å². The van der Waals surface area contributed by atoms with Crippen LogP contribution in [0.3, 0.4) is 0 Å². The van der Waals surface area contributed by atoms with Crippen molar-refractivity contribution in [2.24, 2.45) is 0 Å². The zero-order valence-electron chi connectivity index (χ0n) is 15.9. The topological polar surface area (TPSA) is 72.7 Å². The normalized spacial score (nSPS) is 11.7. The van der Waals surface area contributed by atoms with Crippen LogP contribution in [0, 0.1) is 5.82 Å². The van der Waals surface area contributed by atoms with Gasteiger partial charge in [-0.05, 0) is 42.5 Å². The van der Waals surface area contributed by atoms with Gasteiger partial charge in [-0.15, -0.1) is 0 Å². The molecule has 0 unspecified atom stereocenters. The molecule has 1 N–H and O–H groups in total. The molecule has 0 spiro atoms. The van der Waals surface area contributed by atoms with Crippen molar-refractivity contribution in [2.45, 2.75) is 11.2 Å². The number of aromatic nitrogens is 4. The van der Waals surface area contributed by atoms with E-state index in [9.17, 15) is 22.4 Å². The summed E-state index contributed by atoms with van der Waals surface area (Å²) in [5.74, 6) is -1.09. The lowest BCUT2D eigenvalue weighted by molar-refractivity contribution is -0.137. The number of carbonyl (C=O) groups excluding carboxylic acids is 1. The minimum Gasteiger partial charge on any atom is -0.324 e. The molecule has 0 saturated carbocycles. The first-order valence-electron chi connectivity index (χ1n) is 8.96. The number of halogens is 5. The van der Waals surface area contributed by atoms with Crippen LogP contribution in [0.15, 0.2) is 60.0 Å². The molecule has 0 bridgehead atoms. The molecule has 4 rings (SSSR count). The highest BCUT2D eigenvalue weighted by atomic mass is 35.5. The molecule has 0 aliphatic carbocycles. The van der Waals surface area contributed by atoms with Gasteiger partial charge in [-0.2, -0.15) is 18.3 Å². The molecule has 32 heavy (non-hydrogen) atoms. The molecule has 0 radical (unpaired) electrons. The van der Waals surface area contributed by atoms with E-state index in [-0.39, 0.29) is 22.3 Å². The highest BCUT2D eigenvalue weighted by Gasteiger charge is 2.31. The third kappa shape index (κ3) is 4.68. The number of hydrogen-bond donors (Lipinski definition) is 1. The maximum Gasteiger partial charge on any atom is 0.416 e. The molecular weight excluding hydrogens is 470 g/mol. The van der Waals surface area contributed by atoms with Gasteiger partial charge in [0.15, 0.2) is 5.65 Å². The van der Waals surface area contributed by atoms with E-state index in [4.69, 9.17) is 11.6 Å². The van der Waals surface area contributed by atoms with E-state index in [0.717, 1.165) is 30.0 Å². The van der Waals surface area contributed by atoms with E-state index in [0.29, 0.717) is 21.7 Å². The first kappa shape index (κ1) is 22.0. The number of carbonyl (C=O) groups is 1. The number of amides is 1. The molecule has 0 atom stereocenters. The van der Waals surface area contributed by atoms with Crippen molar-refractivity contribution < 1.29 is 22.4 Å². The SMILES string of the molecule is O=C(CSc1ncnc2c1cnn2-c1ccc(F)cc1)Nc1cc(C(F)(F)F)ccc1Cl. The molecule has 0 aliphatic heterocycles. The summed E-state index contributed by atoms with van der Waals surface area (Å²) in [5, 5.41) is 7.64. The standard InChI is InChI=1S/C20H12ClF4N5OS/c21-15-6-1-11(20(23,24)25)7-16(15)29-17(31)9-32-19-14-8-28-30(18(14)26-10-27-19)13-4-2-12(22)3-5-13/h1-8,10H,9H2,(H,29,31). The number of nitrogens with one attached hydrogen (secondary N) is 1. The monoisotopic (exact) mass is 481 g/mol. The highest BCUT2D eigenvalue weighted by molar-refractivity contribution is 8.00. The highest BCUT2D eigenvalue weighted by Crippen LogP contribution is 2.34. The van der Waals surface area contributed by atoms with E-state index in [1.807, 2.05) is 0 Å². The zero-order valence-corrected chi connectivity index (χ0v) is 17.5. The molecule has 0 aliphatic rings. The van der Waals surface area contributed by atoms with Crippen LogP contribution in [-0.2, 0) is 11.0 Å². The number of benzene rings is 2. The van der Waals surface area contributed by atoms with Gasteiger partial charge in [0.2, 0.25) is 5.91 Å². The van der Waals surface area contributed by atoms with E-state index in [1.165, 1.54) is 29.3 Å². The largest absolute Gasteiger partial charge is 0.416 e. The molecule has 2 aromatic heterocycles. The molecule has 4 aromatic rings. The van der Waals surface area contributed by atoms with Crippen LogP contribution in [0.1, 0.15) is 5.56 Å². The summed E-state index contributed by atoms with van der Waals surface area (Å²) >= 11 is 6.97. The summed E-state index contributed by atoms with van der Waals surface area (Å²) in [4.78, 5) is 20.7. The van der Waals surface area contributed by atoms with Gasteiger partial charge < -0.3 is 5.32 Å². The maximum absolute atomic E-state index is 13.2. The molecule has 1 amide bonds. The van der Waals surface area contributed by atoms with Crippen molar-refractivity contribution in [1.82, 2.24) is 19.7 Å². The van der Waals surface area contributed by atoms with Gasteiger partial charge in [-0.1, -0.05) is 23.4 Å². The second-order valence-corrected chi connectivity index (χ2v) is 7.85. The van der Waals surface area contributed by atoms with Gasteiger partial charge in [0, 0.05) is 0 Å². The van der Waals surface area contributed by atoms with Gasteiger partial charge in [0.25, 0.3) is 0 Å². The summed E-state index contributed by atoms with van der Waals surface area (Å²) in [6.45, 7) is 0. The fourth-order valence-electron chi connectivity index (χ4n) is 2.83. The number of hydrogen-bond acceptors (Lipinski definition) is 5. The molecule has 0 fully saturated rings. The van der Waals surface area contributed by atoms with Crippen molar-refractivity contribution in [2.75, 3.05) is 11.1 Å². The Labute approximate surface area is 187 Å². The number of rotatable bonds is 5. The van der Waals surface area contributed by atoms with Crippen LogP contribution in [0.4, 0.5) is 23.2 Å². The predicted octanol–water partition coefficient (Wildman–Crippen LogP) is 5.36. The lowest BCUT2D eigenvalue weighted by Gasteiger charge is -2.11. The zero-order chi connectivity index (χ0) is 22.9. The Morgan fingerprint density at radius 1 is 1.12 bits per heavy atom. The van der Waals surface area contributed by atoms with Crippen LogP contribution >= 0.6 is 23.4 Å². The minimum absolute atomic E-state index is 0.0126. The number of nitrogens with zero attached hydrogens (tertiary/aromatic N) is 4. The number of thioether (sulfide) groups is 1. The predicted molar refractivity (Wildman–Crippen MR) is 112 cm³/mol. The first-order chi connectivity index (χ1) is 15.2. The quantitative estimate of drug-likeness (QED) is 0.236. The molecule has 164 valence electrons. The Balaban J connectivity index is 1.50. The van der Waals surface area contributed by atoms with Crippen LogP contribution < -0.4 is 5.32 Å². The Hall–Kier alpha value is -3.18. The first-order valence-corrected chi connectivity index (χ1v) is 10.3. The van der Waals surface area contributed by atoms with E-state index in [2.05, 4.69) is 20.4 Å². The Morgan fingerprint density at radius 3 is 2.59 bits per heavy atom. The Bertz CT molecular complexity index is 1290. The number of alkyl halides is 3. The van der Waals surface area contributed by atoms with Crippen molar-refractivity contribution in [3.05, 3.63) is 71.4 Å². The average molecular weight is 482 g/mol. The van der Waals surface area contributed by atoms with Gasteiger partial charge in [-0.25, -0.2) is 19.0 Å². The van der Waals surface area contributed by atoms with E-state index >= 15 is 0 Å². The lowest BCUT2D eigenvalue weighted by atomic mass is 10.2. The summed E-state index contributed by atoms with van der Waals surface area (Å²) < 4.78 is 53.4. The van der Waals surface area contributed by atoms with Crippen molar-refractivity contribution in [1.29, 1.82) is 0 Å². The number of fused-ring (bicyclic) bond motifs is 1. The summed E-state index contributed by atoms with van der Waals surface area (Å²) in [7, 11) is 0. The van der Waals surface area contributed by atoms with Crippen molar-refractivity contribution in [3.8, 4) is 5.69 Å². The Morgan fingerprint density at radius 2 is 1.88 bits per heavy atom. The summed E-state index contributed by atoms with van der Waals surface area (Å²) in [6, 6.07) is 8.37. The third-order valence-electron chi connectivity index (χ3n) is 4.31. The second-order valence-electron chi connectivity index (χ2n) is 6.48. The van der Waals surface area contributed by atoms with Gasteiger partial charge in [0.1, 0.15) is 17.2 Å². The fourth-order valence-corrected chi connectivity index (χ4v) is 3.75. The van der Waals surface area contributed by atoms with E-state index in [1.54, 1.807) is 12.1 Å². The maximum atomic E-state index is 13.2. The van der Waals surface area contributed by atoms with Gasteiger partial charge in [0.05, 0.1) is 39.3 Å². The average Bonchev–Trinajstić information content (AvgIpc) is 3.18. The smallest absolute Gasteiger partial charge is 0.324 e. The van der Waals surface area contributed by atoms with Crippen LogP contribution in [-0.4, -0.2) is 31.4 Å². The van der Waals surface area contributed by atoms with Gasteiger partial charge >= 0.3 is 6.18 Å². The van der Waals surface area contributed by atoms with Crippen LogP contribution in [0.25, 0.3) is 16.7 Å². The van der Waals surface area contributed by atoms with Crippen molar-refractivity contribution >= 4 is 46.0 Å². The molecule has 2 aromatic carbocycles.